The lowest BCUT2D eigenvalue weighted by atomic mass is 9.75. The molecule has 1 aromatic carbocycles. The molecule has 1 unspecified atom stereocenters. The molecule has 1 aromatic rings. The van der Waals surface area contributed by atoms with Gasteiger partial charge >= 0.3 is 0 Å². The van der Waals surface area contributed by atoms with Crippen molar-refractivity contribution in [3.63, 3.8) is 0 Å². The van der Waals surface area contributed by atoms with Gasteiger partial charge in [0.15, 0.2) is 0 Å². The molecule has 1 aliphatic rings. The van der Waals surface area contributed by atoms with Gasteiger partial charge in [-0.25, -0.2) is 4.39 Å². The third kappa shape index (κ3) is 3.06. The lowest BCUT2D eigenvalue weighted by Crippen LogP contribution is -2.42. The molecule has 1 saturated carbocycles. The predicted octanol–water partition coefficient (Wildman–Crippen LogP) is 3.71. The molecule has 0 aliphatic heterocycles. The summed E-state index contributed by atoms with van der Waals surface area (Å²) < 4.78 is 13.5. The lowest BCUT2D eigenvalue weighted by Gasteiger charge is -2.37. The molecule has 0 aromatic heterocycles. The second-order valence-electron chi connectivity index (χ2n) is 5.31. The zero-order chi connectivity index (χ0) is 12.3. The first kappa shape index (κ1) is 12.6. The first-order valence-corrected chi connectivity index (χ1v) is 6.68. The Bertz CT molecular complexity index is 358. The Morgan fingerprint density at radius 2 is 2.06 bits per heavy atom. The molecule has 1 nitrogen and oxygen atoms in total. The minimum absolute atomic E-state index is 0.0436. The van der Waals surface area contributed by atoms with Crippen molar-refractivity contribution in [2.75, 3.05) is 6.54 Å². The summed E-state index contributed by atoms with van der Waals surface area (Å²) in [5.74, 6) is 1.12. The molecule has 1 aliphatic carbocycles. The maximum absolute atomic E-state index is 13.5. The Kier molecular flexibility index (Phi) is 4.16. The first-order chi connectivity index (χ1) is 8.20. The molecule has 1 N–H and O–H groups in total. The molecular weight excluding hydrogens is 213 g/mol. The first-order valence-electron chi connectivity index (χ1n) is 6.68. The molecule has 0 amide bonds. The Labute approximate surface area is 103 Å². The van der Waals surface area contributed by atoms with Crippen LogP contribution in [0, 0.1) is 11.7 Å². The number of benzene rings is 1. The van der Waals surface area contributed by atoms with E-state index in [0.29, 0.717) is 12.0 Å². The standard InChI is InChI=1S/C15H22FN/c1-3-11(2)10-17-13-8-12(9-13)14-6-4-5-7-15(14)16/h4-7,11-13,17H,3,8-10H2,1-2H3. The summed E-state index contributed by atoms with van der Waals surface area (Å²) in [6.45, 7) is 5.57. The zero-order valence-electron chi connectivity index (χ0n) is 10.7. The van der Waals surface area contributed by atoms with Gasteiger partial charge in [0, 0.05) is 6.04 Å². The van der Waals surface area contributed by atoms with Crippen molar-refractivity contribution in [1.82, 2.24) is 5.32 Å². The fraction of sp³-hybridized carbons (Fsp3) is 0.600. The molecule has 0 bridgehead atoms. The highest BCUT2D eigenvalue weighted by Gasteiger charge is 2.31. The summed E-state index contributed by atoms with van der Waals surface area (Å²) in [6.07, 6.45) is 3.38. The largest absolute Gasteiger partial charge is 0.314 e. The molecule has 17 heavy (non-hydrogen) atoms. The van der Waals surface area contributed by atoms with E-state index in [9.17, 15) is 4.39 Å². The minimum atomic E-state index is -0.0436. The van der Waals surface area contributed by atoms with Gasteiger partial charge in [-0.1, -0.05) is 38.5 Å². The van der Waals surface area contributed by atoms with E-state index in [1.807, 2.05) is 12.1 Å². The molecule has 0 heterocycles. The van der Waals surface area contributed by atoms with Crippen LogP contribution < -0.4 is 5.32 Å². The van der Waals surface area contributed by atoms with Crippen LogP contribution in [0.3, 0.4) is 0 Å². The fourth-order valence-electron chi connectivity index (χ4n) is 2.36. The van der Waals surface area contributed by atoms with E-state index < -0.39 is 0 Å². The summed E-state index contributed by atoms with van der Waals surface area (Å²) in [7, 11) is 0. The van der Waals surface area contributed by atoms with Crippen molar-refractivity contribution in [1.29, 1.82) is 0 Å². The highest BCUT2D eigenvalue weighted by atomic mass is 19.1. The third-order valence-electron chi connectivity index (χ3n) is 3.94. The maximum atomic E-state index is 13.5. The van der Waals surface area contributed by atoms with Crippen LogP contribution in [0.25, 0.3) is 0 Å². The van der Waals surface area contributed by atoms with Gasteiger partial charge in [-0.15, -0.1) is 0 Å². The van der Waals surface area contributed by atoms with E-state index in [2.05, 4.69) is 19.2 Å². The Morgan fingerprint density at radius 1 is 1.35 bits per heavy atom. The van der Waals surface area contributed by atoms with Crippen molar-refractivity contribution >= 4 is 0 Å². The predicted molar refractivity (Wildman–Crippen MR) is 69.6 cm³/mol. The van der Waals surface area contributed by atoms with Gasteiger partial charge < -0.3 is 5.32 Å². The monoisotopic (exact) mass is 235 g/mol. The van der Waals surface area contributed by atoms with Crippen LogP contribution in [-0.2, 0) is 0 Å². The molecule has 94 valence electrons. The Balaban J connectivity index is 1.77. The summed E-state index contributed by atoms with van der Waals surface area (Å²) in [4.78, 5) is 0. The molecule has 0 radical (unpaired) electrons. The van der Waals surface area contributed by atoms with Crippen LogP contribution in [0.5, 0.6) is 0 Å². The summed E-state index contributed by atoms with van der Waals surface area (Å²) in [5.41, 5.74) is 0.897. The topological polar surface area (TPSA) is 12.0 Å². The van der Waals surface area contributed by atoms with Crippen molar-refractivity contribution in [2.45, 2.75) is 45.1 Å². The minimum Gasteiger partial charge on any atom is -0.314 e. The van der Waals surface area contributed by atoms with E-state index in [4.69, 9.17) is 0 Å². The molecular formula is C15H22FN. The number of rotatable bonds is 5. The molecule has 0 spiro atoms. The van der Waals surface area contributed by atoms with Crippen LogP contribution in [0.2, 0.25) is 0 Å². The second-order valence-corrected chi connectivity index (χ2v) is 5.31. The smallest absolute Gasteiger partial charge is 0.126 e. The average Bonchev–Trinajstić information content (AvgIpc) is 2.28. The van der Waals surface area contributed by atoms with Crippen LogP contribution in [-0.4, -0.2) is 12.6 Å². The van der Waals surface area contributed by atoms with E-state index in [1.54, 1.807) is 12.1 Å². The fourth-order valence-corrected chi connectivity index (χ4v) is 2.36. The highest BCUT2D eigenvalue weighted by molar-refractivity contribution is 5.24. The maximum Gasteiger partial charge on any atom is 0.126 e. The van der Waals surface area contributed by atoms with Gasteiger partial charge in [-0.2, -0.15) is 0 Å². The van der Waals surface area contributed by atoms with Crippen LogP contribution >= 0.6 is 0 Å². The number of halogens is 1. The van der Waals surface area contributed by atoms with Crippen LogP contribution in [0.4, 0.5) is 4.39 Å². The number of nitrogens with one attached hydrogen (secondary N) is 1. The van der Waals surface area contributed by atoms with E-state index >= 15 is 0 Å². The van der Waals surface area contributed by atoms with Crippen molar-refractivity contribution in [3.8, 4) is 0 Å². The van der Waals surface area contributed by atoms with Crippen LogP contribution in [0.15, 0.2) is 24.3 Å². The van der Waals surface area contributed by atoms with Gasteiger partial charge in [0.05, 0.1) is 0 Å². The SMILES string of the molecule is CCC(C)CNC1CC(c2ccccc2F)C1. The van der Waals surface area contributed by atoms with Crippen molar-refractivity contribution < 1.29 is 4.39 Å². The van der Waals surface area contributed by atoms with Gasteiger partial charge in [0.25, 0.3) is 0 Å². The summed E-state index contributed by atoms with van der Waals surface area (Å²) in [5, 5.41) is 3.57. The van der Waals surface area contributed by atoms with Crippen LogP contribution in [0.1, 0.15) is 44.6 Å². The van der Waals surface area contributed by atoms with Gasteiger partial charge in [0.2, 0.25) is 0 Å². The van der Waals surface area contributed by atoms with Crippen molar-refractivity contribution in [3.05, 3.63) is 35.6 Å². The summed E-state index contributed by atoms with van der Waals surface area (Å²) in [6, 6.07) is 7.77. The molecule has 1 atom stereocenters. The molecule has 0 saturated heterocycles. The molecule has 2 rings (SSSR count). The number of hydrogen-bond donors (Lipinski definition) is 1. The highest BCUT2D eigenvalue weighted by Crippen LogP contribution is 2.37. The summed E-state index contributed by atoms with van der Waals surface area (Å²) >= 11 is 0. The molecule has 1 fully saturated rings. The molecule has 2 heteroatoms. The zero-order valence-corrected chi connectivity index (χ0v) is 10.7. The van der Waals surface area contributed by atoms with E-state index in [-0.39, 0.29) is 5.82 Å². The van der Waals surface area contributed by atoms with Gasteiger partial charge in [0.1, 0.15) is 5.82 Å². The van der Waals surface area contributed by atoms with Gasteiger partial charge in [-0.3, -0.25) is 0 Å². The second kappa shape index (κ2) is 5.63. The number of hydrogen-bond acceptors (Lipinski definition) is 1. The lowest BCUT2D eigenvalue weighted by molar-refractivity contribution is 0.273. The van der Waals surface area contributed by atoms with E-state index in [0.717, 1.165) is 30.9 Å². The Morgan fingerprint density at radius 3 is 2.71 bits per heavy atom. The van der Waals surface area contributed by atoms with Crippen molar-refractivity contribution in [2.24, 2.45) is 5.92 Å². The van der Waals surface area contributed by atoms with Gasteiger partial charge in [-0.05, 0) is 42.9 Å². The quantitative estimate of drug-likeness (QED) is 0.820. The third-order valence-corrected chi connectivity index (χ3v) is 3.94. The van der Waals surface area contributed by atoms with E-state index in [1.165, 1.54) is 6.42 Å². The average molecular weight is 235 g/mol. The Hall–Kier alpha value is -0.890. The normalized spacial score (nSPS) is 25.4.